The van der Waals surface area contributed by atoms with E-state index in [9.17, 15) is 13.2 Å². The van der Waals surface area contributed by atoms with Crippen molar-refractivity contribution >= 4 is 27.5 Å². The molecule has 0 radical (unpaired) electrons. The van der Waals surface area contributed by atoms with Crippen LogP contribution in [0.5, 0.6) is 0 Å². The number of rotatable bonds is 1. The normalized spacial score (nSPS) is 11.9. The highest BCUT2D eigenvalue weighted by atomic mass is 79.9. The third-order valence-corrected chi connectivity index (χ3v) is 2.71. The van der Waals surface area contributed by atoms with Crippen LogP contribution in [-0.2, 0) is 12.7 Å². The van der Waals surface area contributed by atoms with E-state index in [1.54, 1.807) is 0 Å². The van der Waals surface area contributed by atoms with E-state index in [1.165, 1.54) is 6.07 Å². The number of nitrogens with two attached hydrogens (primary N) is 1. The third kappa shape index (κ3) is 2.40. The number of benzene rings is 1. The summed E-state index contributed by atoms with van der Waals surface area (Å²) in [6.07, 6.45) is -4.44. The molecule has 0 saturated heterocycles. The maximum Gasteiger partial charge on any atom is 0.417 e. The summed E-state index contributed by atoms with van der Waals surface area (Å²) >= 11 is 8.46. The molecule has 1 rings (SSSR count). The van der Waals surface area contributed by atoms with Crippen LogP contribution in [0.1, 0.15) is 11.1 Å². The van der Waals surface area contributed by atoms with Gasteiger partial charge in [0.1, 0.15) is 0 Å². The first kappa shape index (κ1) is 11.8. The summed E-state index contributed by atoms with van der Waals surface area (Å²) in [6.45, 7) is 0.137. The van der Waals surface area contributed by atoms with E-state index in [2.05, 4.69) is 15.9 Å². The summed E-state index contributed by atoms with van der Waals surface area (Å²) in [5, 5.41) is -0.332. The maximum absolute atomic E-state index is 12.3. The molecule has 1 nitrogen and oxygen atoms in total. The Bertz CT molecular complexity index is 351. The van der Waals surface area contributed by atoms with Crippen LogP contribution in [0.3, 0.4) is 0 Å². The summed E-state index contributed by atoms with van der Waals surface area (Å²) in [7, 11) is 0. The fourth-order valence-corrected chi connectivity index (χ4v) is 1.76. The molecule has 0 amide bonds. The van der Waals surface area contributed by atoms with Gasteiger partial charge in [-0.2, -0.15) is 13.2 Å². The first-order valence-corrected chi connectivity index (χ1v) is 4.78. The van der Waals surface area contributed by atoms with Crippen molar-refractivity contribution in [3.8, 4) is 0 Å². The quantitative estimate of drug-likeness (QED) is 0.840. The van der Waals surface area contributed by atoms with Crippen molar-refractivity contribution in [3.05, 3.63) is 32.8 Å². The second-order valence-electron chi connectivity index (χ2n) is 2.63. The van der Waals surface area contributed by atoms with Gasteiger partial charge in [0.15, 0.2) is 0 Å². The number of hydrogen-bond donors (Lipinski definition) is 1. The fourth-order valence-electron chi connectivity index (χ4n) is 0.962. The van der Waals surface area contributed by atoms with Gasteiger partial charge in [-0.15, -0.1) is 0 Å². The first-order chi connectivity index (χ1) is 6.36. The van der Waals surface area contributed by atoms with Crippen LogP contribution in [0, 0.1) is 0 Å². The van der Waals surface area contributed by atoms with Gasteiger partial charge in [-0.3, -0.25) is 0 Å². The predicted molar refractivity (Wildman–Crippen MR) is 52.0 cm³/mol. The largest absolute Gasteiger partial charge is 0.417 e. The van der Waals surface area contributed by atoms with Crippen molar-refractivity contribution in [1.29, 1.82) is 0 Å². The Morgan fingerprint density at radius 2 is 1.93 bits per heavy atom. The summed E-state index contributed by atoms with van der Waals surface area (Å²) in [5.74, 6) is 0. The molecule has 78 valence electrons. The lowest BCUT2D eigenvalue weighted by Gasteiger charge is -2.11. The summed E-state index contributed by atoms with van der Waals surface area (Å²) in [5.41, 5.74) is 5.00. The van der Waals surface area contributed by atoms with Gasteiger partial charge in [0.25, 0.3) is 0 Å². The highest BCUT2D eigenvalue weighted by Gasteiger charge is 2.33. The SMILES string of the molecule is NCc1cc(Cl)c(C(F)(F)F)cc1Br. The van der Waals surface area contributed by atoms with Crippen molar-refractivity contribution in [1.82, 2.24) is 0 Å². The van der Waals surface area contributed by atoms with Crippen LogP contribution in [0.2, 0.25) is 5.02 Å². The molecular formula is C8H6BrClF3N. The molecule has 0 aliphatic carbocycles. The molecule has 0 unspecified atom stereocenters. The minimum absolute atomic E-state index is 0.137. The van der Waals surface area contributed by atoms with E-state index in [-0.39, 0.29) is 11.6 Å². The van der Waals surface area contributed by atoms with E-state index < -0.39 is 11.7 Å². The van der Waals surface area contributed by atoms with Gasteiger partial charge in [0.05, 0.1) is 10.6 Å². The average molecular weight is 288 g/mol. The zero-order valence-electron chi connectivity index (χ0n) is 6.83. The molecule has 1 aromatic rings. The van der Waals surface area contributed by atoms with Crippen LogP contribution >= 0.6 is 27.5 Å². The van der Waals surface area contributed by atoms with Crippen molar-refractivity contribution in [2.24, 2.45) is 5.73 Å². The fraction of sp³-hybridized carbons (Fsp3) is 0.250. The molecule has 0 bridgehead atoms. The van der Waals surface area contributed by atoms with Gasteiger partial charge in [-0.25, -0.2) is 0 Å². The van der Waals surface area contributed by atoms with Gasteiger partial charge < -0.3 is 5.73 Å². The van der Waals surface area contributed by atoms with Crippen LogP contribution in [-0.4, -0.2) is 0 Å². The maximum atomic E-state index is 12.3. The van der Waals surface area contributed by atoms with Crippen molar-refractivity contribution < 1.29 is 13.2 Å². The molecule has 1 aromatic carbocycles. The summed E-state index contributed by atoms with van der Waals surface area (Å²) < 4.78 is 37.3. The van der Waals surface area contributed by atoms with Crippen LogP contribution < -0.4 is 5.73 Å². The Balaban J connectivity index is 3.29. The molecule has 2 N–H and O–H groups in total. The van der Waals surface area contributed by atoms with Gasteiger partial charge in [0, 0.05) is 11.0 Å². The number of hydrogen-bond acceptors (Lipinski definition) is 1. The van der Waals surface area contributed by atoms with E-state index in [4.69, 9.17) is 17.3 Å². The van der Waals surface area contributed by atoms with E-state index in [1.807, 2.05) is 0 Å². The Morgan fingerprint density at radius 3 is 2.36 bits per heavy atom. The van der Waals surface area contributed by atoms with Gasteiger partial charge in [-0.1, -0.05) is 27.5 Å². The second kappa shape index (κ2) is 4.08. The highest BCUT2D eigenvalue weighted by molar-refractivity contribution is 9.10. The Hall–Kier alpha value is -0.260. The molecule has 0 spiro atoms. The molecule has 0 fully saturated rings. The minimum Gasteiger partial charge on any atom is -0.326 e. The van der Waals surface area contributed by atoms with E-state index >= 15 is 0 Å². The second-order valence-corrected chi connectivity index (χ2v) is 3.89. The lowest BCUT2D eigenvalue weighted by Crippen LogP contribution is -2.07. The summed E-state index contributed by atoms with van der Waals surface area (Å²) in [4.78, 5) is 0. The predicted octanol–water partition coefficient (Wildman–Crippen LogP) is 3.58. The highest BCUT2D eigenvalue weighted by Crippen LogP contribution is 2.37. The number of halogens is 5. The van der Waals surface area contributed by atoms with Crippen molar-refractivity contribution in [2.45, 2.75) is 12.7 Å². The van der Waals surface area contributed by atoms with Gasteiger partial charge in [0.2, 0.25) is 0 Å². The lowest BCUT2D eigenvalue weighted by atomic mass is 10.1. The molecule has 6 heteroatoms. The van der Waals surface area contributed by atoms with Gasteiger partial charge >= 0.3 is 6.18 Å². The Labute approximate surface area is 92.2 Å². The van der Waals surface area contributed by atoms with Crippen molar-refractivity contribution in [3.63, 3.8) is 0 Å². The topological polar surface area (TPSA) is 26.0 Å². The van der Waals surface area contributed by atoms with Crippen LogP contribution in [0.15, 0.2) is 16.6 Å². The third-order valence-electron chi connectivity index (χ3n) is 1.66. The Kier molecular flexibility index (Phi) is 3.44. The van der Waals surface area contributed by atoms with Gasteiger partial charge in [-0.05, 0) is 17.7 Å². The molecular weight excluding hydrogens is 282 g/mol. The number of alkyl halides is 3. The lowest BCUT2D eigenvalue weighted by molar-refractivity contribution is -0.137. The molecule has 14 heavy (non-hydrogen) atoms. The van der Waals surface area contributed by atoms with Crippen LogP contribution in [0.4, 0.5) is 13.2 Å². The molecule has 0 aromatic heterocycles. The molecule has 0 aliphatic heterocycles. The summed E-state index contributed by atoms with van der Waals surface area (Å²) in [6, 6.07) is 2.15. The standard InChI is InChI=1S/C8H6BrClF3N/c9-6-2-5(8(11,12)13)7(10)1-4(6)3-14/h1-2H,3,14H2. The first-order valence-electron chi connectivity index (χ1n) is 3.61. The van der Waals surface area contributed by atoms with E-state index in [0.717, 1.165) is 6.07 Å². The van der Waals surface area contributed by atoms with E-state index in [0.29, 0.717) is 10.0 Å². The smallest absolute Gasteiger partial charge is 0.326 e. The minimum atomic E-state index is -4.44. The monoisotopic (exact) mass is 287 g/mol. The van der Waals surface area contributed by atoms with Crippen LogP contribution in [0.25, 0.3) is 0 Å². The molecule has 0 saturated carbocycles. The zero-order valence-corrected chi connectivity index (χ0v) is 9.17. The van der Waals surface area contributed by atoms with Crippen molar-refractivity contribution in [2.75, 3.05) is 0 Å². The molecule has 0 atom stereocenters. The zero-order chi connectivity index (χ0) is 10.9. The Morgan fingerprint density at radius 1 is 1.36 bits per heavy atom. The average Bonchev–Trinajstić information content (AvgIpc) is 2.06. The molecule has 0 heterocycles. The molecule has 0 aliphatic rings.